The Balaban J connectivity index is 0.000000754. The van der Waals surface area contributed by atoms with Crippen LogP contribution in [-0.2, 0) is 9.57 Å². The van der Waals surface area contributed by atoms with E-state index in [4.69, 9.17) is 9.57 Å². The van der Waals surface area contributed by atoms with Crippen molar-refractivity contribution in [3.63, 3.8) is 0 Å². The number of allylic oxidation sites excluding steroid dienone is 4. The summed E-state index contributed by atoms with van der Waals surface area (Å²) in [6.45, 7) is 11.5. The van der Waals surface area contributed by atoms with E-state index < -0.39 is 12.6 Å². The van der Waals surface area contributed by atoms with Crippen molar-refractivity contribution < 1.29 is 28.2 Å². The van der Waals surface area contributed by atoms with E-state index in [1.165, 1.54) is 0 Å². The summed E-state index contributed by atoms with van der Waals surface area (Å²) in [7, 11) is 3.29. The molecule has 138 valence electrons. The molecule has 1 aliphatic carbocycles. The zero-order valence-electron chi connectivity index (χ0n) is 15.3. The number of methoxy groups -OCH3 is 1. The van der Waals surface area contributed by atoms with Crippen molar-refractivity contribution in [2.45, 2.75) is 40.3 Å². The van der Waals surface area contributed by atoms with Gasteiger partial charge in [0, 0.05) is 11.8 Å². The first-order chi connectivity index (χ1) is 11.0. The second-order valence-corrected chi connectivity index (χ2v) is 6.17. The third-order valence-corrected chi connectivity index (χ3v) is 3.29. The largest absolute Gasteiger partial charge is 0.497 e. The molecule has 3 nitrogen and oxygen atoms in total. The second kappa shape index (κ2) is 9.69. The Bertz CT molecular complexity index is 503. The lowest BCUT2D eigenvalue weighted by molar-refractivity contribution is -0.852. The Morgan fingerprint density at radius 1 is 1.33 bits per heavy atom. The molecule has 1 rings (SSSR count). The van der Waals surface area contributed by atoms with Gasteiger partial charge in [-0.1, -0.05) is 52.5 Å². The molecule has 0 fully saturated rings. The molecule has 0 bridgehead atoms. The Morgan fingerprint density at radius 3 is 2.29 bits per heavy atom. The Morgan fingerprint density at radius 2 is 1.88 bits per heavy atom. The summed E-state index contributed by atoms with van der Waals surface area (Å²) in [5.74, 6) is 1.00. The summed E-state index contributed by atoms with van der Waals surface area (Å²) in [6, 6.07) is 0. The number of hydrogen-bond acceptors (Lipinski definition) is 2. The normalized spacial score (nSPS) is 25.6. The van der Waals surface area contributed by atoms with Crippen molar-refractivity contribution in [1.82, 2.24) is 0 Å². The van der Waals surface area contributed by atoms with Crippen molar-refractivity contribution >= 4 is 0 Å². The third-order valence-electron chi connectivity index (χ3n) is 3.29. The predicted molar refractivity (Wildman–Crippen MR) is 89.7 cm³/mol. The van der Waals surface area contributed by atoms with Gasteiger partial charge in [-0.15, -0.1) is 0 Å². The van der Waals surface area contributed by atoms with Crippen LogP contribution >= 0.6 is 0 Å². The molecule has 0 aromatic carbocycles. The van der Waals surface area contributed by atoms with Crippen LogP contribution in [0.3, 0.4) is 0 Å². The number of ether oxygens (including phenoxy) is 1. The molecule has 0 spiro atoms. The molecular weight excluding hydrogens is 319 g/mol. The fraction of sp³-hybridized carbons (Fsp3) is 0.556. The van der Waals surface area contributed by atoms with Crippen LogP contribution in [0.4, 0.5) is 13.2 Å². The molecule has 0 saturated carbocycles. The predicted octanol–water partition coefficient (Wildman–Crippen LogP) is 4.27. The van der Waals surface area contributed by atoms with Gasteiger partial charge in [0.1, 0.15) is 5.76 Å². The van der Waals surface area contributed by atoms with Crippen molar-refractivity contribution in [2.24, 2.45) is 11.3 Å². The molecule has 0 aliphatic heterocycles. The fourth-order valence-corrected chi connectivity index (χ4v) is 1.91. The number of hydroxylamine groups is 1. The molecule has 1 atom stereocenters. The average molecular weight is 348 g/mol. The first-order valence-electron chi connectivity index (χ1n) is 7.76. The van der Waals surface area contributed by atoms with Gasteiger partial charge < -0.3 is 4.74 Å². The molecule has 0 amide bonds. The summed E-state index contributed by atoms with van der Waals surface area (Å²) < 4.78 is 37.6. The highest BCUT2D eigenvalue weighted by Gasteiger charge is 2.23. The first kappa shape index (κ1) is 22.5. The molecule has 0 radical (unpaired) electrons. The Labute approximate surface area is 142 Å². The van der Waals surface area contributed by atoms with Crippen LogP contribution in [0.1, 0.15) is 34.1 Å². The highest BCUT2D eigenvalue weighted by molar-refractivity contribution is 5.41. The first-order valence-corrected chi connectivity index (χ1v) is 7.76. The molecule has 0 heterocycles. The highest BCUT2D eigenvalue weighted by atomic mass is 19.4. The van der Waals surface area contributed by atoms with Crippen LogP contribution < -0.4 is 5.48 Å². The van der Waals surface area contributed by atoms with Crippen LogP contribution in [0, 0.1) is 11.3 Å². The lowest BCUT2D eigenvalue weighted by Crippen LogP contribution is -2.80. The number of alkyl halides is 3. The van der Waals surface area contributed by atoms with Crippen LogP contribution in [0.2, 0.25) is 0 Å². The van der Waals surface area contributed by atoms with Gasteiger partial charge in [-0.2, -0.15) is 18.7 Å². The lowest BCUT2D eigenvalue weighted by Gasteiger charge is -2.22. The molecule has 1 unspecified atom stereocenters. The van der Waals surface area contributed by atoms with E-state index in [9.17, 15) is 13.2 Å². The lowest BCUT2D eigenvalue weighted by atomic mass is 9.85. The molecule has 2 N–H and O–H groups in total. The molecule has 1 aliphatic rings. The monoisotopic (exact) mass is 348 g/mol. The molecule has 6 heteroatoms. The maximum absolute atomic E-state index is 10.8. The van der Waals surface area contributed by atoms with Gasteiger partial charge in [0.25, 0.3) is 0 Å². The number of halogens is 3. The zero-order chi connectivity index (χ0) is 19.0. The topological polar surface area (TPSA) is 35.1 Å². The minimum Gasteiger partial charge on any atom is -0.497 e. The second-order valence-electron chi connectivity index (χ2n) is 6.17. The molecule has 0 saturated heterocycles. The fourth-order valence-electron chi connectivity index (χ4n) is 1.91. The molecular formula is C18H29F3NO2+. The summed E-state index contributed by atoms with van der Waals surface area (Å²) >= 11 is 0. The third kappa shape index (κ3) is 8.93. The van der Waals surface area contributed by atoms with E-state index >= 15 is 0 Å². The molecule has 0 aromatic heterocycles. The van der Waals surface area contributed by atoms with E-state index in [1.807, 2.05) is 0 Å². The maximum atomic E-state index is 10.8. The van der Waals surface area contributed by atoms with Crippen molar-refractivity contribution in [3.05, 3.63) is 47.9 Å². The van der Waals surface area contributed by atoms with Crippen molar-refractivity contribution in [3.8, 4) is 0 Å². The highest BCUT2D eigenvalue weighted by Crippen LogP contribution is 2.29. The minimum atomic E-state index is -3.96. The van der Waals surface area contributed by atoms with Gasteiger partial charge in [-0.3, -0.25) is 0 Å². The van der Waals surface area contributed by atoms with E-state index in [0.29, 0.717) is 11.7 Å². The zero-order valence-corrected chi connectivity index (χ0v) is 15.3. The smallest absolute Gasteiger partial charge is 0.388 e. The number of rotatable bonds is 4. The number of nitrogens with two attached hydrogens (primary N) is 1. The minimum absolute atomic E-state index is 0.0356. The van der Waals surface area contributed by atoms with E-state index in [2.05, 4.69) is 51.7 Å². The summed E-state index contributed by atoms with van der Waals surface area (Å²) in [5.41, 5.74) is 3.70. The van der Waals surface area contributed by atoms with Crippen LogP contribution in [0.25, 0.3) is 0 Å². The molecule has 24 heavy (non-hydrogen) atoms. The van der Waals surface area contributed by atoms with E-state index in [1.54, 1.807) is 19.7 Å². The van der Waals surface area contributed by atoms with Crippen LogP contribution in [0.15, 0.2) is 47.9 Å². The van der Waals surface area contributed by atoms with E-state index in [0.717, 1.165) is 18.2 Å². The van der Waals surface area contributed by atoms with Gasteiger partial charge >= 0.3 is 6.18 Å². The number of hydrogen-bond donors (Lipinski definition) is 1. The van der Waals surface area contributed by atoms with Gasteiger partial charge in [-0.05, 0) is 12.0 Å². The van der Waals surface area contributed by atoms with Crippen LogP contribution in [-0.4, -0.2) is 20.4 Å². The quantitative estimate of drug-likeness (QED) is 0.468. The maximum Gasteiger partial charge on any atom is 0.388 e. The summed E-state index contributed by atoms with van der Waals surface area (Å²) in [5, 5.41) is 0. The summed E-state index contributed by atoms with van der Waals surface area (Å²) in [6.07, 6.45) is 4.02. The van der Waals surface area contributed by atoms with Gasteiger partial charge in [-0.25, -0.2) is 4.84 Å². The van der Waals surface area contributed by atoms with Gasteiger partial charge in [0.15, 0.2) is 5.70 Å². The van der Waals surface area contributed by atoms with Crippen molar-refractivity contribution in [2.75, 3.05) is 14.2 Å². The van der Waals surface area contributed by atoms with Gasteiger partial charge in [0.2, 0.25) is 0 Å². The summed E-state index contributed by atoms with van der Waals surface area (Å²) in [4.78, 5) is 5.16. The SMILES string of the molecule is C=C(OC)C1=C/C(C)(C)/C=C\C(C)/C=C\1[NH2+]OC.CCC(F)(F)F. The Kier molecular flexibility index (Phi) is 9.07. The average Bonchev–Trinajstić information content (AvgIpc) is 2.48. The van der Waals surface area contributed by atoms with Crippen LogP contribution in [0.5, 0.6) is 0 Å². The Hall–Kier alpha value is -1.53. The molecule has 0 aromatic rings. The number of quaternary nitrogens is 1. The van der Waals surface area contributed by atoms with Gasteiger partial charge in [0.05, 0.1) is 19.8 Å². The standard InChI is InChI=1S/C15H23NO2.C3H5F3/c1-11-7-8-15(3,4)10-13(12(2)17-5)14(9-11)16-18-6;1-2-3(4,5)6/h7-11,16H,2H2,1,3-6H3;2H2,1H3/p+1/b8-7-,13-10-,14-9+;. The van der Waals surface area contributed by atoms with Crippen molar-refractivity contribution in [1.29, 1.82) is 0 Å². The van der Waals surface area contributed by atoms with E-state index in [-0.39, 0.29) is 5.41 Å².